The van der Waals surface area contributed by atoms with Gasteiger partial charge < -0.3 is 15.2 Å². The zero-order chi connectivity index (χ0) is 24.0. The van der Waals surface area contributed by atoms with E-state index in [1.807, 2.05) is 32.0 Å². The molecule has 172 valence electrons. The third-order valence-corrected chi connectivity index (χ3v) is 5.72. The molecule has 0 aliphatic heterocycles. The van der Waals surface area contributed by atoms with Crippen LogP contribution in [0.15, 0.2) is 60.3 Å². The minimum atomic E-state index is -0.596. The first kappa shape index (κ1) is 24.2. The van der Waals surface area contributed by atoms with E-state index in [1.165, 1.54) is 30.0 Å². The number of anilines is 1. The number of hydrogen-bond acceptors (Lipinski definition) is 5. The predicted octanol–water partition coefficient (Wildman–Crippen LogP) is 4.44. The van der Waals surface area contributed by atoms with Crippen molar-refractivity contribution in [2.24, 2.45) is 0 Å². The van der Waals surface area contributed by atoms with E-state index >= 15 is 0 Å². The van der Waals surface area contributed by atoms with Gasteiger partial charge in [-0.15, -0.1) is 16.8 Å². The summed E-state index contributed by atoms with van der Waals surface area (Å²) in [6.07, 6.45) is 1.68. The van der Waals surface area contributed by atoms with Crippen LogP contribution in [0, 0.1) is 19.7 Å². The number of halogens is 1. The number of amides is 2. The Morgan fingerprint density at radius 1 is 1.18 bits per heavy atom. The number of rotatable bonds is 9. The maximum Gasteiger partial charge on any atom is 0.254 e. The van der Waals surface area contributed by atoms with E-state index in [0.717, 1.165) is 16.8 Å². The molecule has 2 aromatic carbocycles. The Morgan fingerprint density at radius 2 is 1.88 bits per heavy atom. The van der Waals surface area contributed by atoms with Crippen molar-refractivity contribution in [3.63, 3.8) is 0 Å². The van der Waals surface area contributed by atoms with Gasteiger partial charge in [0.15, 0.2) is 11.0 Å². The Hall–Kier alpha value is -3.46. The summed E-state index contributed by atoms with van der Waals surface area (Å²) < 4.78 is 15.7. The molecule has 2 amide bonds. The van der Waals surface area contributed by atoms with Crippen molar-refractivity contribution in [2.75, 3.05) is 11.1 Å². The van der Waals surface area contributed by atoms with Crippen LogP contribution in [0.5, 0.6) is 0 Å². The van der Waals surface area contributed by atoms with Gasteiger partial charge >= 0.3 is 0 Å². The highest BCUT2D eigenvalue weighted by Crippen LogP contribution is 2.22. The summed E-state index contributed by atoms with van der Waals surface area (Å²) in [4.78, 5) is 24.9. The van der Waals surface area contributed by atoms with Crippen LogP contribution < -0.4 is 10.6 Å². The zero-order valence-electron chi connectivity index (χ0n) is 18.8. The topological polar surface area (TPSA) is 88.9 Å². The number of hydrogen-bond donors (Lipinski definition) is 2. The molecule has 0 aliphatic carbocycles. The van der Waals surface area contributed by atoms with E-state index in [9.17, 15) is 14.0 Å². The van der Waals surface area contributed by atoms with Crippen molar-refractivity contribution in [3.8, 4) is 0 Å². The zero-order valence-corrected chi connectivity index (χ0v) is 19.6. The Labute approximate surface area is 196 Å². The molecule has 0 radical (unpaired) electrons. The summed E-state index contributed by atoms with van der Waals surface area (Å²) in [6, 6.07) is 11.1. The van der Waals surface area contributed by atoms with Gasteiger partial charge in [0.2, 0.25) is 5.91 Å². The van der Waals surface area contributed by atoms with Gasteiger partial charge in [-0.3, -0.25) is 9.59 Å². The van der Waals surface area contributed by atoms with E-state index in [1.54, 1.807) is 23.6 Å². The molecule has 0 saturated heterocycles. The summed E-state index contributed by atoms with van der Waals surface area (Å²) in [5, 5.41) is 14.5. The minimum Gasteiger partial charge on any atom is -0.342 e. The lowest BCUT2D eigenvalue weighted by Crippen LogP contribution is -2.29. The number of carbonyl (C=O) groups excluding carboxylic acids is 2. The lowest BCUT2D eigenvalue weighted by molar-refractivity contribution is -0.113. The van der Waals surface area contributed by atoms with E-state index in [-0.39, 0.29) is 17.2 Å². The fourth-order valence-electron chi connectivity index (χ4n) is 3.39. The van der Waals surface area contributed by atoms with E-state index in [0.29, 0.717) is 17.5 Å². The number of benzene rings is 2. The van der Waals surface area contributed by atoms with Gasteiger partial charge in [-0.2, -0.15) is 0 Å². The van der Waals surface area contributed by atoms with Gasteiger partial charge in [-0.1, -0.05) is 36.0 Å². The van der Waals surface area contributed by atoms with Crippen LogP contribution in [0.3, 0.4) is 0 Å². The molecule has 9 heteroatoms. The van der Waals surface area contributed by atoms with Crippen molar-refractivity contribution < 1.29 is 14.0 Å². The average Bonchev–Trinajstić information content (AvgIpc) is 3.14. The number of allylic oxidation sites excluding steroid dienone is 1. The van der Waals surface area contributed by atoms with Crippen LogP contribution >= 0.6 is 11.8 Å². The molecule has 1 unspecified atom stereocenters. The second kappa shape index (κ2) is 10.9. The summed E-state index contributed by atoms with van der Waals surface area (Å²) in [5.74, 6) is -0.688. The van der Waals surface area contributed by atoms with Gasteiger partial charge in [-0.05, 0) is 56.2 Å². The van der Waals surface area contributed by atoms with Crippen molar-refractivity contribution >= 4 is 29.3 Å². The molecule has 1 atom stereocenters. The largest absolute Gasteiger partial charge is 0.342 e. The SMILES string of the molecule is C=CCn1c(SCC(=O)Nc2cc(C)cc(C)c2)nnc1C(C)NC(=O)c1ccccc1F. The Bertz CT molecular complexity index is 1160. The van der Waals surface area contributed by atoms with Crippen molar-refractivity contribution in [2.45, 2.75) is 38.5 Å². The summed E-state index contributed by atoms with van der Waals surface area (Å²) in [6.45, 7) is 9.84. The van der Waals surface area contributed by atoms with Crippen molar-refractivity contribution in [1.82, 2.24) is 20.1 Å². The maximum atomic E-state index is 13.9. The number of nitrogens with one attached hydrogen (secondary N) is 2. The number of nitrogens with zero attached hydrogens (tertiary/aromatic N) is 3. The third kappa shape index (κ3) is 6.29. The predicted molar refractivity (Wildman–Crippen MR) is 128 cm³/mol. The molecular formula is C24H26FN5O2S. The fourth-order valence-corrected chi connectivity index (χ4v) is 4.14. The van der Waals surface area contributed by atoms with E-state index < -0.39 is 17.8 Å². The van der Waals surface area contributed by atoms with E-state index in [4.69, 9.17) is 0 Å². The second-order valence-corrected chi connectivity index (χ2v) is 8.57. The molecule has 0 fully saturated rings. The Balaban J connectivity index is 1.68. The first-order valence-electron chi connectivity index (χ1n) is 10.4. The highest BCUT2D eigenvalue weighted by molar-refractivity contribution is 7.99. The third-order valence-electron chi connectivity index (χ3n) is 4.75. The monoisotopic (exact) mass is 467 g/mol. The quantitative estimate of drug-likeness (QED) is 0.359. The summed E-state index contributed by atoms with van der Waals surface area (Å²) >= 11 is 1.24. The van der Waals surface area contributed by atoms with Crippen LogP contribution in [0.4, 0.5) is 10.1 Å². The second-order valence-electron chi connectivity index (χ2n) is 7.63. The van der Waals surface area contributed by atoms with E-state index in [2.05, 4.69) is 27.4 Å². The van der Waals surface area contributed by atoms with Crippen LogP contribution in [-0.2, 0) is 11.3 Å². The van der Waals surface area contributed by atoms with Crippen LogP contribution in [0.1, 0.15) is 40.3 Å². The van der Waals surface area contributed by atoms with Crippen LogP contribution in [-0.4, -0.2) is 32.3 Å². The maximum absolute atomic E-state index is 13.9. The van der Waals surface area contributed by atoms with Crippen molar-refractivity contribution in [1.29, 1.82) is 0 Å². The van der Waals surface area contributed by atoms with Gasteiger partial charge in [0, 0.05) is 12.2 Å². The highest BCUT2D eigenvalue weighted by Gasteiger charge is 2.21. The molecule has 2 N–H and O–H groups in total. The molecule has 3 rings (SSSR count). The summed E-state index contributed by atoms with van der Waals surface area (Å²) in [5.41, 5.74) is 2.84. The fraction of sp³-hybridized carbons (Fsp3) is 0.250. The smallest absolute Gasteiger partial charge is 0.254 e. The lowest BCUT2D eigenvalue weighted by atomic mass is 10.1. The number of aryl methyl sites for hydroxylation is 2. The first-order valence-corrected chi connectivity index (χ1v) is 11.4. The number of thioether (sulfide) groups is 1. The first-order chi connectivity index (χ1) is 15.8. The van der Waals surface area contributed by atoms with Crippen LogP contribution in [0.25, 0.3) is 0 Å². The molecular weight excluding hydrogens is 441 g/mol. The molecule has 1 aromatic heterocycles. The van der Waals surface area contributed by atoms with Gasteiger partial charge in [0.1, 0.15) is 5.82 Å². The summed E-state index contributed by atoms with van der Waals surface area (Å²) in [7, 11) is 0. The average molecular weight is 468 g/mol. The molecule has 7 nitrogen and oxygen atoms in total. The lowest BCUT2D eigenvalue weighted by Gasteiger charge is -2.15. The number of carbonyl (C=O) groups is 2. The molecule has 0 bridgehead atoms. The molecule has 0 spiro atoms. The standard InChI is InChI=1S/C24H26FN5O2S/c1-5-10-30-22(17(4)26-23(32)19-8-6-7-9-20(19)25)28-29-24(30)33-14-21(31)27-18-12-15(2)11-16(3)13-18/h5-9,11-13,17H,1,10,14H2,2-4H3,(H,26,32)(H,27,31). The molecule has 3 aromatic rings. The molecule has 0 aliphatic rings. The normalized spacial score (nSPS) is 11.6. The highest BCUT2D eigenvalue weighted by atomic mass is 32.2. The van der Waals surface area contributed by atoms with Crippen LogP contribution in [0.2, 0.25) is 0 Å². The molecule has 33 heavy (non-hydrogen) atoms. The van der Waals surface area contributed by atoms with Crippen molar-refractivity contribution in [3.05, 3.63) is 83.5 Å². The minimum absolute atomic E-state index is 0.0446. The Kier molecular flexibility index (Phi) is 8.00. The number of aromatic nitrogens is 3. The molecule has 1 heterocycles. The van der Waals surface area contributed by atoms with Gasteiger partial charge in [0.25, 0.3) is 5.91 Å². The molecule has 0 saturated carbocycles. The van der Waals surface area contributed by atoms with Gasteiger partial charge in [0.05, 0.1) is 17.4 Å². The van der Waals surface area contributed by atoms with Gasteiger partial charge in [-0.25, -0.2) is 4.39 Å². The Morgan fingerprint density at radius 3 is 2.55 bits per heavy atom.